The number of aromatic carboxylic acids is 1. The van der Waals surface area contributed by atoms with Gasteiger partial charge in [0.1, 0.15) is 17.1 Å². The van der Waals surface area contributed by atoms with Gasteiger partial charge in [-0.3, -0.25) is 0 Å². The number of fused-ring (bicyclic) bond motifs is 1. The van der Waals surface area contributed by atoms with Crippen molar-refractivity contribution >= 4 is 16.9 Å². The standard InChI is InChI=1S/C17H14O4/c1-10-16(11-3-6-13(20-2)7-4-11)14-9-12(17(18)19)5-8-15(14)21-10/h3-9H,1-2H3,(H,18,19). The summed E-state index contributed by atoms with van der Waals surface area (Å²) in [6.07, 6.45) is 0. The molecule has 0 atom stereocenters. The first-order valence-corrected chi connectivity index (χ1v) is 6.51. The number of methoxy groups -OCH3 is 1. The van der Waals surface area contributed by atoms with Crippen LogP contribution in [-0.4, -0.2) is 18.2 Å². The van der Waals surface area contributed by atoms with Gasteiger partial charge in [0.25, 0.3) is 0 Å². The number of hydrogen-bond acceptors (Lipinski definition) is 3. The van der Waals surface area contributed by atoms with Crippen molar-refractivity contribution in [2.45, 2.75) is 6.92 Å². The van der Waals surface area contributed by atoms with Crippen molar-refractivity contribution in [1.29, 1.82) is 0 Å². The van der Waals surface area contributed by atoms with Gasteiger partial charge in [0, 0.05) is 10.9 Å². The van der Waals surface area contributed by atoms with Gasteiger partial charge in [0.15, 0.2) is 0 Å². The van der Waals surface area contributed by atoms with E-state index in [-0.39, 0.29) is 5.56 Å². The van der Waals surface area contributed by atoms with Gasteiger partial charge in [-0.25, -0.2) is 4.79 Å². The van der Waals surface area contributed by atoms with Crippen LogP contribution < -0.4 is 4.74 Å². The second kappa shape index (κ2) is 4.98. The van der Waals surface area contributed by atoms with E-state index in [1.54, 1.807) is 25.3 Å². The fourth-order valence-electron chi connectivity index (χ4n) is 2.47. The monoisotopic (exact) mass is 282 g/mol. The van der Waals surface area contributed by atoms with Crippen LogP contribution in [0.3, 0.4) is 0 Å². The minimum Gasteiger partial charge on any atom is -0.497 e. The zero-order valence-electron chi connectivity index (χ0n) is 11.7. The highest BCUT2D eigenvalue weighted by atomic mass is 16.5. The fraction of sp³-hybridized carbons (Fsp3) is 0.118. The molecule has 0 saturated carbocycles. The number of furan rings is 1. The average Bonchev–Trinajstić information content (AvgIpc) is 2.82. The molecule has 4 nitrogen and oxygen atoms in total. The van der Waals surface area contributed by atoms with Crippen LogP contribution in [0.2, 0.25) is 0 Å². The van der Waals surface area contributed by atoms with E-state index in [2.05, 4.69) is 0 Å². The summed E-state index contributed by atoms with van der Waals surface area (Å²) in [7, 11) is 1.62. The van der Waals surface area contributed by atoms with E-state index in [0.29, 0.717) is 5.58 Å². The summed E-state index contributed by atoms with van der Waals surface area (Å²) in [5, 5.41) is 9.94. The normalized spacial score (nSPS) is 10.8. The molecule has 0 fully saturated rings. The molecule has 1 aromatic heterocycles. The smallest absolute Gasteiger partial charge is 0.335 e. The maximum Gasteiger partial charge on any atom is 0.335 e. The molecule has 0 aliphatic carbocycles. The van der Waals surface area contributed by atoms with Crippen LogP contribution in [0, 0.1) is 6.92 Å². The number of hydrogen-bond donors (Lipinski definition) is 1. The second-order valence-corrected chi connectivity index (χ2v) is 4.78. The first-order valence-electron chi connectivity index (χ1n) is 6.51. The highest BCUT2D eigenvalue weighted by molar-refractivity contribution is 6.00. The quantitative estimate of drug-likeness (QED) is 0.785. The summed E-state index contributed by atoms with van der Waals surface area (Å²) in [5.41, 5.74) is 2.81. The van der Waals surface area contributed by atoms with Gasteiger partial charge in [-0.2, -0.15) is 0 Å². The van der Waals surface area contributed by atoms with E-state index < -0.39 is 5.97 Å². The molecule has 0 unspecified atom stereocenters. The summed E-state index contributed by atoms with van der Waals surface area (Å²) >= 11 is 0. The average molecular weight is 282 g/mol. The highest BCUT2D eigenvalue weighted by Gasteiger charge is 2.15. The molecule has 0 spiro atoms. The summed E-state index contributed by atoms with van der Waals surface area (Å²) in [4.78, 5) is 11.1. The lowest BCUT2D eigenvalue weighted by Gasteiger charge is -2.03. The van der Waals surface area contributed by atoms with Gasteiger partial charge in [0.2, 0.25) is 0 Å². The Balaban J connectivity index is 2.22. The van der Waals surface area contributed by atoms with Crippen LogP contribution >= 0.6 is 0 Å². The molecule has 0 aliphatic heterocycles. The van der Waals surface area contributed by atoms with Crippen molar-refractivity contribution in [2.75, 3.05) is 7.11 Å². The van der Waals surface area contributed by atoms with Crippen LogP contribution in [0.4, 0.5) is 0 Å². The zero-order valence-corrected chi connectivity index (χ0v) is 11.7. The maximum atomic E-state index is 11.1. The maximum absolute atomic E-state index is 11.1. The minimum absolute atomic E-state index is 0.248. The highest BCUT2D eigenvalue weighted by Crippen LogP contribution is 2.35. The summed E-state index contributed by atoms with van der Waals surface area (Å²) in [6, 6.07) is 12.5. The Hall–Kier alpha value is -2.75. The lowest BCUT2D eigenvalue weighted by Crippen LogP contribution is -1.94. The van der Waals surface area contributed by atoms with Crippen molar-refractivity contribution in [2.24, 2.45) is 0 Å². The third kappa shape index (κ3) is 2.25. The van der Waals surface area contributed by atoms with Gasteiger partial charge in [-0.05, 0) is 42.8 Å². The fourth-order valence-corrected chi connectivity index (χ4v) is 2.47. The van der Waals surface area contributed by atoms with E-state index in [9.17, 15) is 4.79 Å². The van der Waals surface area contributed by atoms with Crippen molar-refractivity contribution < 1.29 is 19.1 Å². The van der Waals surface area contributed by atoms with Gasteiger partial charge >= 0.3 is 5.97 Å². The predicted octanol–water partition coefficient (Wildman–Crippen LogP) is 4.12. The first-order chi connectivity index (χ1) is 10.1. The van der Waals surface area contributed by atoms with Crippen molar-refractivity contribution in [1.82, 2.24) is 0 Å². The van der Waals surface area contributed by atoms with Crippen molar-refractivity contribution in [3.8, 4) is 16.9 Å². The number of rotatable bonds is 3. The van der Waals surface area contributed by atoms with Crippen molar-refractivity contribution in [3.63, 3.8) is 0 Å². The third-order valence-electron chi connectivity index (χ3n) is 3.49. The van der Waals surface area contributed by atoms with E-state index in [0.717, 1.165) is 28.0 Å². The van der Waals surface area contributed by atoms with Gasteiger partial charge in [-0.15, -0.1) is 0 Å². The molecule has 21 heavy (non-hydrogen) atoms. The number of benzene rings is 2. The first kappa shape index (κ1) is 13.2. The number of carboxylic acid groups (broad SMARTS) is 1. The molecule has 1 N–H and O–H groups in total. The Bertz CT molecular complexity index is 813. The van der Waals surface area contributed by atoms with E-state index in [4.69, 9.17) is 14.3 Å². The molecule has 4 heteroatoms. The molecule has 0 bridgehead atoms. The Morgan fingerprint density at radius 1 is 1.14 bits per heavy atom. The molecule has 0 radical (unpaired) electrons. The van der Waals surface area contributed by atoms with Gasteiger partial charge in [0.05, 0.1) is 12.7 Å². The van der Waals surface area contributed by atoms with Crippen molar-refractivity contribution in [3.05, 3.63) is 53.8 Å². The third-order valence-corrected chi connectivity index (χ3v) is 3.49. The van der Waals surface area contributed by atoms with Crippen LogP contribution in [0.25, 0.3) is 22.1 Å². The van der Waals surface area contributed by atoms with Crippen LogP contribution in [-0.2, 0) is 0 Å². The summed E-state index contributed by atoms with van der Waals surface area (Å²) in [5.74, 6) is 0.588. The molecule has 0 saturated heterocycles. The molecule has 3 rings (SSSR count). The summed E-state index contributed by atoms with van der Waals surface area (Å²) < 4.78 is 10.9. The largest absolute Gasteiger partial charge is 0.497 e. The van der Waals surface area contributed by atoms with Gasteiger partial charge in [-0.1, -0.05) is 12.1 Å². The molecule has 0 amide bonds. The number of aryl methyl sites for hydroxylation is 1. The molecular weight excluding hydrogens is 268 g/mol. The predicted molar refractivity (Wildman–Crippen MR) is 79.9 cm³/mol. The lowest BCUT2D eigenvalue weighted by molar-refractivity contribution is 0.0697. The van der Waals surface area contributed by atoms with Gasteiger partial charge < -0.3 is 14.3 Å². The lowest BCUT2D eigenvalue weighted by atomic mass is 10.0. The van der Waals surface area contributed by atoms with E-state index >= 15 is 0 Å². The SMILES string of the molecule is COc1ccc(-c2c(C)oc3ccc(C(=O)O)cc23)cc1. The van der Waals surface area contributed by atoms with E-state index in [1.165, 1.54) is 0 Å². The molecule has 2 aromatic carbocycles. The number of ether oxygens (including phenoxy) is 1. The second-order valence-electron chi connectivity index (χ2n) is 4.78. The van der Waals surface area contributed by atoms with Crippen LogP contribution in [0.5, 0.6) is 5.75 Å². The Morgan fingerprint density at radius 3 is 2.48 bits per heavy atom. The zero-order chi connectivity index (χ0) is 15.0. The molecule has 1 heterocycles. The molecular formula is C17H14O4. The molecule has 3 aromatic rings. The van der Waals surface area contributed by atoms with E-state index in [1.807, 2.05) is 31.2 Å². The Labute approximate surface area is 121 Å². The Morgan fingerprint density at radius 2 is 1.86 bits per heavy atom. The number of carboxylic acids is 1. The topological polar surface area (TPSA) is 59.7 Å². The molecule has 106 valence electrons. The van der Waals surface area contributed by atoms with Crippen LogP contribution in [0.15, 0.2) is 46.9 Å². The van der Waals surface area contributed by atoms with Crippen LogP contribution in [0.1, 0.15) is 16.1 Å². The number of carbonyl (C=O) groups is 1. The Kier molecular flexibility index (Phi) is 3.14. The summed E-state index contributed by atoms with van der Waals surface area (Å²) in [6.45, 7) is 1.88. The molecule has 0 aliphatic rings. The minimum atomic E-state index is -0.948.